The van der Waals surface area contributed by atoms with E-state index in [1.165, 1.54) is 6.07 Å². The smallest absolute Gasteiger partial charge is 0.142 e. The Morgan fingerprint density at radius 1 is 0.800 bits per heavy atom. The van der Waals surface area contributed by atoms with E-state index in [0.29, 0.717) is 5.56 Å². The first-order valence-electron chi connectivity index (χ1n) is 6.24. The minimum absolute atomic E-state index is 0.0837. The molecule has 3 rings (SSSR count). The second-order valence-corrected chi connectivity index (χ2v) is 5.39. The predicted octanol–water partition coefficient (Wildman–Crippen LogP) is 5.96. The molecular weight excluding hydrogens is 294 g/mol. The van der Waals surface area contributed by atoms with Gasteiger partial charge in [-0.2, -0.15) is 0 Å². The van der Waals surface area contributed by atoms with Crippen LogP contribution in [-0.4, -0.2) is 0 Å². The van der Waals surface area contributed by atoms with E-state index < -0.39 is 11.2 Å². The minimum Gasteiger partial charge on any atom is -0.205 e. The van der Waals surface area contributed by atoms with Crippen molar-refractivity contribution < 1.29 is 4.39 Å². The Balaban J connectivity index is 2.18. The molecule has 100 valence electrons. The summed E-state index contributed by atoms with van der Waals surface area (Å²) in [7, 11) is 0. The summed E-state index contributed by atoms with van der Waals surface area (Å²) in [4.78, 5) is 0. The zero-order valence-corrected chi connectivity index (χ0v) is 12.0. The van der Waals surface area contributed by atoms with E-state index in [1.54, 1.807) is 12.1 Å². The molecular formula is C17H11Cl2F. The lowest BCUT2D eigenvalue weighted by molar-refractivity contribution is 0.626. The molecule has 3 aromatic carbocycles. The number of rotatable bonds is 2. The molecule has 0 radical (unpaired) electrons. The predicted molar refractivity (Wildman–Crippen MR) is 83.1 cm³/mol. The van der Waals surface area contributed by atoms with Crippen molar-refractivity contribution >= 4 is 34.0 Å². The molecule has 1 atom stereocenters. The van der Waals surface area contributed by atoms with Crippen LogP contribution in [0.3, 0.4) is 0 Å². The zero-order valence-electron chi connectivity index (χ0n) is 10.5. The molecule has 0 fully saturated rings. The molecule has 0 bridgehead atoms. The van der Waals surface area contributed by atoms with Crippen LogP contribution < -0.4 is 0 Å². The third-order valence-electron chi connectivity index (χ3n) is 3.35. The summed E-state index contributed by atoms with van der Waals surface area (Å²) in [6.45, 7) is 0. The first-order chi connectivity index (χ1) is 9.68. The Labute approximate surface area is 126 Å². The van der Waals surface area contributed by atoms with Crippen molar-refractivity contribution in [2.75, 3.05) is 0 Å². The van der Waals surface area contributed by atoms with Crippen LogP contribution in [0.15, 0.2) is 60.7 Å². The third-order valence-corrected chi connectivity index (χ3v) is 4.22. The monoisotopic (exact) mass is 304 g/mol. The summed E-state index contributed by atoms with van der Waals surface area (Å²) >= 11 is 12.6. The van der Waals surface area contributed by atoms with Crippen LogP contribution in [0.25, 0.3) is 10.8 Å². The van der Waals surface area contributed by atoms with E-state index in [0.717, 1.165) is 16.3 Å². The zero-order chi connectivity index (χ0) is 14.1. The molecule has 1 unspecified atom stereocenters. The van der Waals surface area contributed by atoms with Crippen molar-refractivity contribution in [3.8, 4) is 0 Å². The van der Waals surface area contributed by atoms with Gasteiger partial charge in [-0.3, -0.25) is 0 Å². The normalized spacial score (nSPS) is 12.6. The van der Waals surface area contributed by atoms with Gasteiger partial charge in [0.05, 0.1) is 10.4 Å². The van der Waals surface area contributed by atoms with Crippen molar-refractivity contribution in [1.29, 1.82) is 0 Å². The molecule has 0 aliphatic carbocycles. The second kappa shape index (κ2) is 5.43. The number of fused-ring (bicyclic) bond motifs is 1. The van der Waals surface area contributed by atoms with Gasteiger partial charge in [0.2, 0.25) is 0 Å². The lowest BCUT2D eigenvalue weighted by Crippen LogP contribution is -1.97. The summed E-state index contributed by atoms with van der Waals surface area (Å²) < 4.78 is 13.6. The fourth-order valence-electron chi connectivity index (χ4n) is 2.36. The lowest BCUT2D eigenvalue weighted by Gasteiger charge is -2.15. The fraction of sp³-hybridized carbons (Fsp3) is 0.0588. The van der Waals surface area contributed by atoms with Crippen molar-refractivity contribution in [1.82, 2.24) is 0 Å². The van der Waals surface area contributed by atoms with Gasteiger partial charge >= 0.3 is 0 Å². The highest BCUT2D eigenvalue weighted by Gasteiger charge is 2.18. The number of benzene rings is 3. The van der Waals surface area contributed by atoms with Crippen LogP contribution in [0.5, 0.6) is 0 Å². The maximum Gasteiger partial charge on any atom is 0.142 e. The summed E-state index contributed by atoms with van der Waals surface area (Å²) in [5.41, 5.74) is 1.52. The van der Waals surface area contributed by atoms with E-state index in [4.69, 9.17) is 23.2 Å². The summed E-state index contributed by atoms with van der Waals surface area (Å²) in [5, 5.41) is 1.75. The van der Waals surface area contributed by atoms with Gasteiger partial charge in [0.1, 0.15) is 5.82 Å². The van der Waals surface area contributed by atoms with Crippen LogP contribution in [0.4, 0.5) is 4.39 Å². The van der Waals surface area contributed by atoms with Crippen molar-refractivity contribution in [3.63, 3.8) is 0 Å². The Bertz CT molecular complexity index is 763. The van der Waals surface area contributed by atoms with Crippen LogP contribution >= 0.6 is 23.2 Å². The lowest BCUT2D eigenvalue weighted by atomic mass is 9.98. The van der Waals surface area contributed by atoms with Gasteiger partial charge in [-0.05, 0) is 28.0 Å². The van der Waals surface area contributed by atoms with Gasteiger partial charge in [0.15, 0.2) is 0 Å². The highest BCUT2D eigenvalue weighted by Crippen LogP contribution is 2.37. The third kappa shape index (κ3) is 2.28. The molecule has 0 aromatic heterocycles. The van der Waals surface area contributed by atoms with Gasteiger partial charge in [0, 0.05) is 0 Å². The summed E-state index contributed by atoms with van der Waals surface area (Å²) in [6.07, 6.45) is 0. The van der Waals surface area contributed by atoms with E-state index in [2.05, 4.69) is 0 Å². The largest absolute Gasteiger partial charge is 0.205 e. The van der Waals surface area contributed by atoms with Crippen LogP contribution in [0.2, 0.25) is 5.02 Å². The fourth-order valence-corrected chi connectivity index (χ4v) is 3.02. The van der Waals surface area contributed by atoms with E-state index in [1.807, 2.05) is 42.5 Å². The first-order valence-corrected chi connectivity index (χ1v) is 7.05. The topological polar surface area (TPSA) is 0 Å². The molecule has 3 aromatic rings. The Morgan fingerprint density at radius 3 is 2.30 bits per heavy atom. The summed E-state index contributed by atoms with van der Waals surface area (Å²) in [6, 6.07) is 18.6. The minimum atomic E-state index is -0.482. The number of hydrogen-bond donors (Lipinski definition) is 0. The number of hydrogen-bond acceptors (Lipinski definition) is 0. The molecule has 0 aliphatic heterocycles. The molecule has 0 N–H and O–H groups in total. The van der Waals surface area contributed by atoms with E-state index >= 15 is 0 Å². The molecule has 0 aliphatic rings. The van der Waals surface area contributed by atoms with Crippen LogP contribution in [0.1, 0.15) is 16.5 Å². The van der Waals surface area contributed by atoms with Gasteiger partial charge in [-0.1, -0.05) is 66.2 Å². The Hall–Kier alpha value is -1.57. The molecule has 0 spiro atoms. The Kier molecular flexibility index (Phi) is 3.64. The SMILES string of the molecule is Fc1cccc(C(Cl)c2cccc3ccccc23)c1Cl. The standard InChI is InChI=1S/C17H11Cl2F/c18-16(14-9-4-10-15(20)17(14)19)13-8-3-6-11-5-1-2-7-12(11)13/h1-10,16H. The van der Waals surface area contributed by atoms with Gasteiger partial charge in [-0.25, -0.2) is 4.39 Å². The molecule has 20 heavy (non-hydrogen) atoms. The van der Waals surface area contributed by atoms with Crippen LogP contribution in [0, 0.1) is 5.82 Å². The maximum absolute atomic E-state index is 13.6. The molecule has 0 nitrogen and oxygen atoms in total. The molecule has 0 saturated carbocycles. The number of alkyl halides is 1. The highest BCUT2D eigenvalue weighted by molar-refractivity contribution is 6.33. The van der Waals surface area contributed by atoms with Gasteiger partial charge in [-0.15, -0.1) is 11.6 Å². The van der Waals surface area contributed by atoms with Crippen molar-refractivity contribution in [2.24, 2.45) is 0 Å². The van der Waals surface area contributed by atoms with Gasteiger partial charge in [0.25, 0.3) is 0 Å². The molecule has 0 amide bonds. The quantitative estimate of drug-likeness (QED) is 0.512. The van der Waals surface area contributed by atoms with E-state index in [9.17, 15) is 4.39 Å². The highest BCUT2D eigenvalue weighted by atomic mass is 35.5. The average molecular weight is 305 g/mol. The Morgan fingerprint density at radius 2 is 1.45 bits per heavy atom. The van der Waals surface area contributed by atoms with Crippen LogP contribution in [-0.2, 0) is 0 Å². The first kappa shape index (κ1) is 13.4. The molecule has 0 saturated heterocycles. The van der Waals surface area contributed by atoms with Gasteiger partial charge < -0.3 is 0 Å². The summed E-state index contributed by atoms with van der Waals surface area (Å²) in [5.74, 6) is -0.449. The van der Waals surface area contributed by atoms with Crippen molar-refractivity contribution in [3.05, 3.63) is 82.6 Å². The average Bonchev–Trinajstić information content (AvgIpc) is 2.49. The molecule has 3 heteroatoms. The molecule has 0 heterocycles. The number of halogens is 3. The second-order valence-electron chi connectivity index (χ2n) is 4.57. The maximum atomic E-state index is 13.6. The van der Waals surface area contributed by atoms with E-state index in [-0.39, 0.29) is 5.02 Å². The van der Waals surface area contributed by atoms with Crippen molar-refractivity contribution in [2.45, 2.75) is 5.38 Å².